The number of rotatable bonds is 1. The van der Waals surface area contributed by atoms with E-state index in [1.54, 1.807) is 18.3 Å². The average molecular weight is 214 g/mol. The molecule has 0 unspecified atom stereocenters. The lowest BCUT2D eigenvalue weighted by atomic mass is 10.2. The van der Waals surface area contributed by atoms with Gasteiger partial charge in [0.05, 0.1) is 22.2 Å². The van der Waals surface area contributed by atoms with Gasteiger partial charge in [0.2, 0.25) is 0 Å². The summed E-state index contributed by atoms with van der Waals surface area (Å²) in [6, 6.07) is 12.2. The van der Waals surface area contributed by atoms with Gasteiger partial charge in [0.15, 0.2) is 0 Å². The molecule has 74 valence electrons. The lowest BCUT2D eigenvalue weighted by Gasteiger charge is -1.96. The molecule has 0 aliphatic rings. The lowest BCUT2D eigenvalue weighted by Crippen LogP contribution is -1.96. The molecular weight excluding hydrogens is 204 g/mol. The van der Waals surface area contributed by atoms with Gasteiger partial charge < -0.3 is 5.73 Å². The van der Waals surface area contributed by atoms with Crippen LogP contribution in [0.5, 0.6) is 0 Å². The number of nitriles is 1. The molecule has 2 aromatic rings. The predicted octanol–water partition coefficient (Wildman–Crippen LogP) is 3.11. The fourth-order valence-electron chi connectivity index (χ4n) is 1.36. The van der Waals surface area contributed by atoms with Crippen molar-refractivity contribution >= 4 is 27.1 Å². The third-order valence-corrected chi connectivity index (χ3v) is 3.41. The lowest BCUT2D eigenvalue weighted by molar-refractivity contribution is 1.42. The average Bonchev–Trinajstić information content (AvgIpc) is 2.70. The largest absolute Gasteiger partial charge is 0.397 e. The monoisotopic (exact) mass is 214 g/mol. The Morgan fingerprint density at radius 1 is 1.40 bits per heavy atom. The number of hydrogen-bond acceptors (Lipinski definition) is 3. The van der Waals surface area contributed by atoms with E-state index >= 15 is 0 Å². The summed E-state index contributed by atoms with van der Waals surface area (Å²) in [7, 11) is 0. The number of thiophene rings is 1. The third kappa shape index (κ3) is 1.72. The van der Waals surface area contributed by atoms with Gasteiger partial charge in [0, 0.05) is 4.70 Å². The quantitative estimate of drug-likeness (QED) is 0.741. The van der Waals surface area contributed by atoms with E-state index in [0.29, 0.717) is 11.3 Å². The van der Waals surface area contributed by atoms with Gasteiger partial charge in [-0.3, -0.25) is 0 Å². The summed E-state index contributed by atoms with van der Waals surface area (Å²) < 4.78 is 1.20. The first-order valence-corrected chi connectivity index (χ1v) is 5.39. The topological polar surface area (TPSA) is 49.8 Å². The van der Waals surface area contributed by atoms with Crippen molar-refractivity contribution in [2.45, 2.75) is 6.92 Å². The summed E-state index contributed by atoms with van der Waals surface area (Å²) in [4.78, 5) is 0.968. The minimum absolute atomic E-state index is 0.571. The second kappa shape index (κ2) is 3.76. The van der Waals surface area contributed by atoms with Crippen molar-refractivity contribution in [3.63, 3.8) is 0 Å². The Morgan fingerprint density at radius 2 is 2.13 bits per heavy atom. The maximum Gasteiger partial charge on any atom is 0.0966 e. The van der Waals surface area contributed by atoms with Gasteiger partial charge in [0.1, 0.15) is 0 Å². The zero-order valence-electron chi connectivity index (χ0n) is 8.32. The van der Waals surface area contributed by atoms with Crippen molar-refractivity contribution < 1.29 is 0 Å². The Hall–Kier alpha value is -1.79. The van der Waals surface area contributed by atoms with Crippen LogP contribution in [-0.4, -0.2) is 0 Å². The molecule has 0 atom stereocenters. The zero-order valence-corrected chi connectivity index (χ0v) is 9.14. The Morgan fingerprint density at radius 3 is 2.80 bits per heavy atom. The van der Waals surface area contributed by atoms with Crippen LogP contribution in [0.4, 0.5) is 0 Å². The second-order valence-electron chi connectivity index (χ2n) is 3.30. The molecule has 2 rings (SSSR count). The maximum absolute atomic E-state index is 8.76. The predicted molar refractivity (Wildman–Crippen MR) is 64.2 cm³/mol. The van der Waals surface area contributed by atoms with Crippen LogP contribution in [0.2, 0.25) is 0 Å². The Balaban J connectivity index is 2.60. The van der Waals surface area contributed by atoms with Crippen LogP contribution in [0, 0.1) is 11.3 Å². The molecular formula is C12H10N2S. The van der Waals surface area contributed by atoms with Gasteiger partial charge in [-0.2, -0.15) is 5.26 Å². The summed E-state index contributed by atoms with van der Waals surface area (Å²) in [6.45, 7) is 1.74. The molecule has 0 bridgehead atoms. The van der Waals surface area contributed by atoms with Gasteiger partial charge in [-0.15, -0.1) is 11.3 Å². The molecule has 0 saturated heterocycles. The fourth-order valence-corrected chi connectivity index (χ4v) is 2.44. The van der Waals surface area contributed by atoms with Crippen molar-refractivity contribution in [1.82, 2.24) is 0 Å². The number of hydrogen-bond donors (Lipinski definition) is 1. The van der Waals surface area contributed by atoms with E-state index in [1.165, 1.54) is 10.1 Å². The van der Waals surface area contributed by atoms with Gasteiger partial charge in [-0.1, -0.05) is 18.2 Å². The van der Waals surface area contributed by atoms with Gasteiger partial charge in [-0.25, -0.2) is 0 Å². The number of fused-ring (bicyclic) bond motifs is 1. The normalized spacial score (nSPS) is 12.3. The van der Waals surface area contributed by atoms with Gasteiger partial charge in [0.25, 0.3) is 0 Å². The third-order valence-electron chi connectivity index (χ3n) is 2.26. The van der Waals surface area contributed by atoms with E-state index in [2.05, 4.69) is 12.1 Å². The first kappa shape index (κ1) is 9.75. The molecule has 1 aromatic carbocycles. The van der Waals surface area contributed by atoms with Crippen LogP contribution < -0.4 is 5.73 Å². The first-order chi connectivity index (χ1) is 7.22. The summed E-state index contributed by atoms with van der Waals surface area (Å²) in [5.41, 5.74) is 7.03. The van der Waals surface area contributed by atoms with E-state index < -0.39 is 0 Å². The number of allylic oxidation sites excluding steroid dienone is 1. The fraction of sp³-hybridized carbons (Fsp3) is 0.0833. The minimum atomic E-state index is 0.571. The van der Waals surface area contributed by atoms with Crippen LogP contribution in [0.3, 0.4) is 0 Å². The van der Waals surface area contributed by atoms with E-state index in [9.17, 15) is 0 Å². The van der Waals surface area contributed by atoms with E-state index in [-0.39, 0.29) is 0 Å². The highest BCUT2D eigenvalue weighted by Crippen LogP contribution is 2.29. The highest BCUT2D eigenvalue weighted by Gasteiger charge is 2.05. The zero-order chi connectivity index (χ0) is 10.8. The molecule has 0 fully saturated rings. The summed E-state index contributed by atoms with van der Waals surface area (Å²) in [5, 5.41) is 9.93. The van der Waals surface area contributed by atoms with Gasteiger partial charge >= 0.3 is 0 Å². The van der Waals surface area contributed by atoms with Crippen molar-refractivity contribution in [3.8, 4) is 6.07 Å². The molecule has 0 amide bonds. The van der Waals surface area contributed by atoms with E-state index in [1.807, 2.05) is 24.3 Å². The van der Waals surface area contributed by atoms with Gasteiger partial charge in [-0.05, 0) is 24.4 Å². The molecule has 0 saturated carbocycles. The summed E-state index contributed by atoms with van der Waals surface area (Å²) >= 11 is 1.62. The Labute approximate surface area is 92.3 Å². The Kier molecular flexibility index (Phi) is 2.44. The molecule has 2 N–H and O–H groups in total. The van der Waals surface area contributed by atoms with Crippen LogP contribution in [-0.2, 0) is 0 Å². The number of nitrogens with two attached hydrogens (primary N) is 1. The number of benzene rings is 1. The molecule has 1 heterocycles. The van der Waals surface area contributed by atoms with Crippen molar-refractivity contribution in [3.05, 3.63) is 40.8 Å². The van der Waals surface area contributed by atoms with Crippen molar-refractivity contribution in [2.75, 3.05) is 0 Å². The molecule has 15 heavy (non-hydrogen) atoms. The van der Waals surface area contributed by atoms with E-state index in [0.717, 1.165) is 4.88 Å². The van der Waals surface area contributed by atoms with Crippen LogP contribution in [0.25, 0.3) is 15.8 Å². The van der Waals surface area contributed by atoms with Crippen LogP contribution >= 0.6 is 11.3 Å². The molecule has 0 radical (unpaired) electrons. The summed E-state index contributed by atoms with van der Waals surface area (Å²) in [6.07, 6.45) is 0. The van der Waals surface area contributed by atoms with Crippen molar-refractivity contribution in [2.24, 2.45) is 5.73 Å². The molecule has 0 spiro atoms. The van der Waals surface area contributed by atoms with Crippen LogP contribution in [0.15, 0.2) is 35.9 Å². The molecule has 0 aliphatic heterocycles. The number of nitrogens with zero attached hydrogens (tertiary/aromatic N) is 1. The minimum Gasteiger partial charge on any atom is -0.397 e. The highest BCUT2D eigenvalue weighted by molar-refractivity contribution is 7.20. The molecule has 2 nitrogen and oxygen atoms in total. The molecule has 0 aliphatic carbocycles. The van der Waals surface area contributed by atoms with Crippen molar-refractivity contribution in [1.29, 1.82) is 5.26 Å². The molecule has 1 aromatic heterocycles. The molecule has 3 heteroatoms. The van der Waals surface area contributed by atoms with Crippen LogP contribution in [0.1, 0.15) is 11.8 Å². The summed E-state index contributed by atoms with van der Waals surface area (Å²) in [5.74, 6) is 0. The Bertz CT molecular complexity index is 540. The standard InChI is InChI=1S/C12H10N2S/c1-8(7-13)12(14)11-6-9-4-2-3-5-10(9)15-11/h2-6H,14H2,1H3/b12-8-. The maximum atomic E-state index is 8.76. The first-order valence-electron chi connectivity index (χ1n) is 4.58. The smallest absolute Gasteiger partial charge is 0.0966 e. The SMILES string of the molecule is C/C(C#N)=C(/N)c1cc2ccccc2s1. The van der Waals surface area contributed by atoms with E-state index in [4.69, 9.17) is 11.0 Å². The highest BCUT2D eigenvalue weighted by atomic mass is 32.1. The second-order valence-corrected chi connectivity index (χ2v) is 4.38.